The van der Waals surface area contributed by atoms with Crippen molar-refractivity contribution in [3.63, 3.8) is 0 Å². The first-order valence-corrected chi connectivity index (χ1v) is 12.1. The molecule has 0 aliphatic heterocycles. The molecule has 8 heteroatoms. The summed E-state index contributed by atoms with van der Waals surface area (Å²) in [5.41, 5.74) is 2.96. The first-order valence-electron chi connectivity index (χ1n) is 10.6. The van der Waals surface area contributed by atoms with Crippen LogP contribution in [0.15, 0.2) is 83.8 Å². The van der Waals surface area contributed by atoms with E-state index in [1.165, 1.54) is 0 Å². The van der Waals surface area contributed by atoms with Crippen LogP contribution < -0.4 is 15.4 Å². The lowest BCUT2D eigenvalue weighted by Crippen LogP contribution is -2.34. The minimum Gasteiger partial charge on any atom is -0.351 e. The monoisotopic (exact) mass is 465 g/mol. The third kappa shape index (κ3) is 6.74. The lowest BCUT2D eigenvalue weighted by molar-refractivity contribution is -0.118. The molecule has 0 radical (unpaired) electrons. The molecule has 0 saturated carbocycles. The van der Waals surface area contributed by atoms with Gasteiger partial charge in [0, 0.05) is 30.3 Å². The van der Waals surface area contributed by atoms with E-state index in [1.54, 1.807) is 62.4 Å². The summed E-state index contributed by atoms with van der Waals surface area (Å²) in [4.78, 5) is 24.2. The zero-order valence-corrected chi connectivity index (χ0v) is 19.4. The summed E-state index contributed by atoms with van der Waals surface area (Å²) in [7, 11) is -3.69. The van der Waals surface area contributed by atoms with E-state index in [2.05, 4.69) is 15.4 Å². The lowest BCUT2D eigenvalue weighted by atomic mass is 10.1. The number of benzene rings is 3. The van der Waals surface area contributed by atoms with Crippen molar-refractivity contribution in [1.29, 1.82) is 0 Å². The second-order valence-corrected chi connectivity index (χ2v) is 9.53. The van der Waals surface area contributed by atoms with E-state index in [4.69, 9.17) is 0 Å². The lowest BCUT2D eigenvalue weighted by Gasteiger charge is -2.10. The highest BCUT2D eigenvalue weighted by Gasteiger charge is 2.14. The summed E-state index contributed by atoms with van der Waals surface area (Å²) in [5.74, 6) is -0.573. The number of hydrogen-bond acceptors (Lipinski definition) is 4. The van der Waals surface area contributed by atoms with Gasteiger partial charge in [0.15, 0.2) is 0 Å². The Morgan fingerprint density at radius 1 is 0.788 bits per heavy atom. The minimum absolute atomic E-state index is 0.0526. The molecule has 0 fully saturated rings. The second-order valence-electron chi connectivity index (χ2n) is 7.77. The highest BCUT2D eigenvalue weighted by Crippen LogP contribution is 2.20. The van der Waals surface area contributed by atoms with E-state index in [1.807, 2.05) is 30.3 Å². The van der Waals surface area contributed by atoms with E-state index in [0.717, 1.165) is 11.1 Å². The fourth-order valence-electron chi connectivity index (χ4n) is 3.00. The normalized spacial score (nSPS) is 11.2. The predicted octanol–water partition coefficient (Wildman–Crippen LogP) is 3.66. The quantitative estimate of drug-likeness (QED) is 0.420. The summed E-state index contributed by atoms with van der Waals surface area (Å²) < 4.78 is 27.5. The third-order valence-corrected chi connectivity index (χ3v) is 6.39. The molecule has 3 N–H and O–H groups in total. The Morgan fingerprint density at radius 2 is 1.39 bits per heavy atom. The number of hydrogen-bond donors (Lipinski definition) is 3. The van der Waals surface area contributed by atoms with Gasteiger partial charge in [-0.3, -0.25) is 9.59 Å². The molecule has 0 saturated heterocycles. The maximum absolute atomic E-state index is 12.5. The molecule has 0 atom stereocenters. The van der Waals surface area contributed by atoms with Crippen LogP contribution in [0.25, 0.3) is 11.1 Å². The van der Waals surface area contributed by atoms with Crippen LogP contribution in [0, 0.1) is 5.92 Å². The molecular formula is C25H27N3O4S. The molecule has 0 heterocycles. The zero-order valence-electron chi connectivity index (χ0n) is 18.5. The molecule has 0 spiro atoms. The first kappa shape index (κ1) is 24.2. The maximum Gasteiger partial charge on any atom is 0.251 e. The Kier molecular flexibility index (Phi) is 7.97. The van der Waals surface area contributed by atoms with Gasteiger partial charge in [-0.05, 0) is 47.5 Å². The van der Waals surface area contributed by atoms with E-state index >= 15 is 0 Å². The number of carbonyl (C=O) groups is 2. The Morgan fingerprint density at radius 3 is 2.00 bits per heavy atom. The van der Waals surface area contributed by atoms with Crippen molar-refractivity contribution >= 4 is 27.5 Å². The molecule has 33 heavy (non-hydrogen) atoms. The summed E-state index contributed by atoms with van der Waals surface area (Å²) in [5, 5.41) is 5.44. The van der Waals surface area contributed by atoms with Crippen molar-refractivity contribution in [2.45, 2.75) is 18.7 Å². The average Bonchev–Trinajstić information content (AvgIpc) is 2.82. The summed E-state index contributed by atoms with van der Waals surface area (Å²) in [6, 6.07) is 22.8. The van der Waals surface area contributed by atoms with Gasteiger partial charge in [0.1, 0.15) is 0 Å². The van der Waals surface area contributed by atoms with Gasteiger partial charge < -0.3 is 10.6 Å². The summed E-state index contributed by atoms with van der Waals surface area (Å²) in [6.45, 7) is 3.78. The SMILES string of the molecule is CC(C)C(=O)Nc1ccc(C(=O)NCCNS(=O)(=O)c2ccc(-c3ccccc3)cc2)cc1. The fourth-order valence-corrected chi connectivity index (χ4v) is 4.03. The van der Waals surface area contributed by atoms with Crippen LogP contribution in [0.1, 0.15) is 24.2 Å². The molecule has 0 aromatic heterocycles. The van der Waals surface area contributed by atoms with Crippen molar-refractivity contribution in [3.05, 3.63) is 84.4 Å². The van der Waals surface area contributed by atoms with Crippen LogP contribution in [0.3, 0.4) is 0 Å². The van der Waals surface area contributed by atoms with Crippen LogP contribution in [-0.4, -0.2) is 33.3 Å². The third-order valence-electron chi connectivity index (χ3n) is 4.91. The smallest absolute Gasteiger partial charge is 0.251 e. The molecule has 0 aliphatic carbocycles. The highest BCUT2D eigenvalue weighted by molar-refractivity contribution is 7.89. The molecule has 7 nitrogen and oxygen atoms in total. The van der Waals surface area contributed by atoms with Crippen LogP contribution in [0.5, 0.6) is 0 Å². The van der Waals surface area contributed by atoms with Crippen molar-refractivity contribution in [3.8, 4) is 11.1 Å². The van der Waals surface area contributed by atoms with Gasteiger partial charge in [0.2, 0.25) is 15.9 Å². The molecular weight excluding hydrogens is 438 g/mol. The molecule has 0 bridgehead atoms. The second kappa shape index (κ2) is 10.9. The molecule has 3 aromatic rings. The van der Waals surface area contributed by atoms with E-state index < -0.39 is 10.0 Å². The number of anilines is 1. The topological polar surface area (TPSA) is 104 Å². The predicted molar refractivity (Wildman–Crippen MR) is 129 cm³/mol. The van der Waals surface area contributed by atoms with Gasteiger partial charge in [-0.1, -0.05) is 56.3 Å². The van der Waals surface area contributed by atoms with Crippen molar-refractivity contribution in [2.24, 2.45) is 5.92 Å². The fraction of sp³-hybridized carbons (Fsp3) is 0.200. The number of carbonyl (C=O) groups excluding carboxylic acids is 2. The molecule has 0 unspecified atom stereocenters. The Hall–Kier alpha value is -3.49. The highest BCUT2D eigenvalue weighted by atomic mass is 32.2. The largest absolute Gasteiger partial charge is 0.351 e. The molecule has 172 valence electrons. The van der Waals surface area contributed by atoms with Gasteiger partial charge >= 0.3 is 0 Å². The number of rotatable bonds is 9. The molecule has 2 amide bonds. The van der Waals surface area contributed by atoms with Crippen LogP contribution in [0.4, 0.5) is 5.69 Å². The van der Waals surface area contributed by atoms with Crippen molar-refractivity contribution < 1.29 is 18.0 Å². The molecule has 0 aliphatic rings. The summed E-state index contributed by atoms with van der Waals surface area (Å²) in [6.07, 6.45) is 0. The number of amides is 2. The maximum atomic E-state index is 12.5. The van der Waals surface area contributed by atoms with Gasteiger partial charge in [0.25, 0.3) is 5.91 Å². The Bertz CT molecular complexity index is 1190. The van der Waals surface area contributed by atoms with E-state index in [9.17, 15) is 18.0 Å². The van der Waals surface area contributed by atoms with Crippen LogP contribution in [-0.2, 0) is 14.8 Å². The van der Waals surface area contributed by atoms with Crippen LogP contribution in [0.2, 0.25) is 0 Å². The zero-order chi connectivity index (χ0) is 23.8. The van der Waals surface area contributed by atoms with E-state index in [0.29, 0.717) is 11.3 Å². The minimum atomic E-state index is -3.69. The van der Waals surface area contributed by atoms with E-state index in [-0.39, 0.29) is 35.7 Å². The molecule has 3 aromatic carbocycles. The average molecular weight is 466 g/mol. The van der Waals surface area contributed by atoms with Crippen molar-refractivity contribution in [1.82, 2.24) is 10.0 Å². The van der Waals surface area contributed by atoms with Crippen molar-refractivity contribution in [2.75, 3.05) is 18.4 Å². The first-order chi connectivity index (χ1) is 15.8. The van der Waals surface area contributed by atoms with Gasteiger partial charge in [-0.15, -0.1) is 0 Å². The Balaban J connectivity index is 1.48. The molecule has 3 rings (SSSR count). The van der Waals surface area contributed by atoms with Gasteiger partial charge in [-0.2, -0.15) is 0 Å². The number of nitrogens with one attached hydrogen (secondary N) is 3. The standard InChI is InChI=1S/C25H27N3O4S/c1-18(2)24(29)28-22-12-8-21(9-13-22)25(30)26-16-17-27-33(31,32)23-14-10-20(11-15-23)19-6-4-3-5-7-19/h3-15,18,27H,16-17H2,1-2H3,(H,26,30)(H,28,29). The number of sulfonamides is 1. The van der Waals surface area contributed by atoms with Gasteiger partial charge in [0.05, 0.1) is 4.90 Å². The Labute approximate surface area is 194 Å². The van der Waals surface area contributed by atoms with Crippen LogP contribution >= 0.6 is 0 Å². The van der Waals surface area contributed by atoms with Gasteiger partial charge in [-0.25, -0.2) is 13.1 Å². The summed E-state index contributed by atoms with van der Waals surface area (Å²) >= 11 is 0.